The summed E-state index contributed by atoms with van der Waals surface area (Å²) in [5.41, 5.74) is 1.87. The van der Waals surface area contributed by atoms with Crippen molar-refractivity contribution in [3.8, 4) is 0 Å². The molecule has 6 nitrogen and oxygen atoms in total. The minimum Gasteiger partial charge on any atom is -0.361 e. The van der Waals surface area contributed by atoms with Crippen molar-refractivity contribution in [2.45, 2.75) is 32.7 Å². The van der Waals surface area contributed by atoms with Crippen molar-refractivity contribution < 1.29 is 13.7 Å². The lowest BCUT2D eigenvalue weighted by molar-refractivity contribution is -0.118. The second-order valence-corrected chi connectivity index (χ2v) is 5.98. The van der Waals surface area contributed by atoms with Crippen LogP contribution in [0.15, 0.2) is 35.0 Å². The van der Waals surface area contributed by atoms with Gasteiger partial charge in [-0.2, -0.15) is 0 Å². The number of anilines is 1. The maximum absolute atomic E-state index is 13.2. The highest BCUT2D eigenvalue weighted by Gasteiger charge is 2.17. The number of nitrogens with zero attached hydrogens (tertiary/aromatic N) is 1. The Kier molecular flexibility index (Phi) is 5.14. The summed E-state index contributed by atoms with van der Waals surface area (Å²) in [6, 6.07) is 6.06. The third kappa shape index (κ3) is 4.06. The molecule has 1 amide bonds. The number of amides is 1. The minimum atomic E-state index is -0.320. The molecule has 3 N–H and O–H groups in total. The fourth-order valence-corrected chi connectivity index (χ4v) is 2.81. The lowest BCUT2D eigenvalue weighted by atomic mass is 10.1. The van der Waals surface area contributed by atoms with Gasteiger partial charge in [0.15, 0.2) is 5.82 Å². The Morgan fingerprint density at radius 1 is 1.40 bits per heavy atom. The molecule has 0 radical (unpaired) electrons. The Bertz CT molecular complexity index is 871. The van der Waals surface area contributed by atoms with Crippen LogP contribution in [0.1, 0.15) is 24.7 Å². The van der Waals surface area contributed by atoms with E-state index in [0.29, 0.717) is 24.5 Å². The maximum Gasteiger partial charge on any atom is 0.242 e. The minimum absolute atomic E-state index is 0.142. The predicted octanol–water partition coefficient (Wildman–Crippen LogP) is 3.15. The molecule has 1 unspecified atom stereocenters. The molecule has 3 aromatic rings. The van der Waals surface area contributed by atoms with Crippen LogP contribution in [0.25, 0.3) is 10.9 Å². The molecule has 0 saturated carbocycles. The first-order chi connectivity index (χ1) is 12.1. The first kappa shape index (κ1) is 17.2. The smallest absolute Gasteiger partial charge is 0.242 e. The van der Waals surface area contributed by atoms with Crippen molar-refractivity contribution in [2.24, 2.45) is 0 Å². The van der Waals surface area contributed by atoms with Crippen LogP contribution in [0.3, 0.4) is 0 Å². The van der Waals surface area contributed by atoms with Crippen LogP contribution in [0.5, 0.6) is 0 Å². The standard InChI is InChI=1S/C18H21FN4O2/c1-3-15(18(24)22-17-8-11(2)25-23-17)20-7-6-12-10-21-16-9-13(19)4-5-14(12)16/h4-5,8-10,15,20-21H,3,6-7H2,1-2H3,(H,22,23,24). The Hall–Kier alpha value is -2.67. The number of hydrogen-bond acceptors (Lipinski definition) is 4. The highest BCUT2D eigenvalue weighted by atomic mass is 19.1. The molecular weight excluding hydrogens is 323 g/mol. The molecule has 0 aliphatic carbocycles. The molecule has 0 spiro atoms. The van der Waals surface area contributed by atoms with Gasteiger partial charge in [-0.05, 0) is 50.1 Å². The molecule has 7 heteroatoms. The van der Waals surface area contributed by atoms with Crippen molar-refractivity contribution >= 4 is 22.6 Å². The van der Waals surface area contributed by atoms with Crippen molar-refractivity contribution in [3.05, 3.63) is 47.6 Å². The molecule has 1 atom stereocenters. The topological polar surface area (TPSA) is 83.0 Å². The molecule has 0 aliphatic rings. The summed E-state index contributed by atoms with van der Waals surface area (Å²) in [4.78, 5) is 15.4. The zero-order valence-electron chi connectivity index (χ0n) is 14.2. The van der Waals surface area contributed by atoms with E-state index in [2.05, 4.69) is 20.8 Å². The highest BCUT2D eigenvalue weighted by Crippen LogP contribution is 2.19. The van der Waals surface area contributed by atoms with E-state index < -0.39 is 0 Å². The molecule has 0 bridgehead atoms. The van der Waals surface area contributed by atoms with Gasteiger partial charge >= 0.3 is 0 Å². The van der Waals surface area contributed by atoms with Crippen molar-refractivity contribution in [1.82, 2.24) is 15.5 Å². The first-order valence-corrected chi connectivity index (χ1v) is 8.30. The molecule has 0 fully saturated rings. The van der Waals surface area contributed by atoms with Gasteiger partial charge in [-0.25, -0.2) is 4.39 Å². The Balaban J connectivity index is 1.56. The van der Waals surface area contributed by atoms with Crippen LogP contribution in [-0.2, 0) is 11.2 Å². The number of benzene rings is 1. The Morgan fingerprint density at radius 3 is 2.96 bits per heavy atom. The fourth-order valence-electron chi connectivity index (χ4n) is 2.81. The average molecular weight is 344 g/mol. The van der Waals surface area contributed by atoms with Crippen LogP contribution < -0.4 is 10.6 Å². The van der Waals surface area contributed by atoms with Crippen molar-refractivity contribution in [2.75, 3.05) is 11.9 Å². The fraction of sp³-hybridized carbons (Fsp3) is 0.333. The largest absolute Gasteiger partial charge is 0.361 e. The van der Waals surface area contributed by atoms with Crippen LogP contribution in [0, 0.1) is 12.7 Å². The normalized spacial score (nSPS) is 12.4. The number of nitrogens with one attached hydrogen (secondary N) is 3. The molecule has 1 aromatic carbocycles. The van der Waals surface area contributed by atoms with E-state index in [0.717, 1.165) is 22.9 Å². The molecule has 2 heterocycles. The molecular formula is C18H21FN4O2. The third-order valence-electron chi connectivity index (χ3n) is 4.12. The summed E-state index contributed by atoms with van der Waals surface area (Å²) in [5, 5.41) is 10.8. The second-order valence-electron chi connectivity index (χ2n) is 5.98. The summed E-state index contributed by atoms with van der Waals surface area (Å²) >= 11 is 0. The number of halogens is 1. The third-order valence-corrected chi connectivity index (χ3v) is 4.12. The van der Waals surface area contributed by atoms with E-state index >= 15 is 0 Å². The number of H-pyrrole nitrogens is 1. The van der Waals surface area contributed by atoms with E-state index in [1.807, 2.05) is 13.1 Å². The van der Waals surface area contributed by atoms with Gasteiger partial charge in [0, 0.05) is 23.2 Å². The zero-order chi connectivity index (χ0) is 17.8. The Morgan fingerprint density at radius 2 is 2.24 bits per heavy atom. The van der Waals surface area contributed by atoms with Crippen molar-refractivity contribution in [3.63, 3.8) is 0 Å². The van der Waals surface area contributed by atoms with Crippen LogP contribution in [0.2, 0.25) is 0 Å². The number of aromatic nitrogens is 2. The maximum atomic E-state index is 13.2. The monoisotopic (exact) mass is 344 g/mol. The molecule has 0 aliphatic heterocycles. The zero-order valence-corrected chi connectivity index (χ0v) is 14.2. The van der Waals surface area contributed by atoms with Gasteiger partial charge in [-0.1, -0.05) is 12.1 Å². The number of rotatable bonds is 7. The quantitative estimate of drug-likeness (QED) is 0.615. The summed E-state index contributed by atoms with van der Waals surface area (Å²) in [5.74, 6) is 0.662. The SMILES string of the molecule is CCC(NCCc1c[nH]c2cc(F)ccc12)C(=O)Nc1cc(C)on1. The second kappa shape index (κ2) is 7.48. The number of fused-ring (bicyclic) bond motifs is 1. The Labute approximate surface area is 144 Å². The summed E-state index contributed by atoms with van der Waals surface area (Å²) in [6.07, 6.45) is 3.27. The highest BCUT2D eigenvalue weighted by molar-refractivity contribution is 5.94. The van der Waals surface area contributed by atoms with Gasteiger partial charge in [0.05, 0.1) is 6.04 Å². The molecule has 25 heavy (non-hydrogen) atoms. The molecule has 132 valence electrons. The summed E-state index contributed by atoms with van der Waals surface area (Å²) in [6.45, 7) is 4.35. The lowest BCUT2D eigenvalue weighted by Gasteiger charge is -2.15. The predicted molar refractivity (Wildman–Crippen MR) is 93.9 cm³/mol. The van der Waals surface area contributed by atoms with E-state index in [-0.39, 0.29) is 17.8 Å². The molecule has 2 aromatic heterocycles. The van der Waals surface area contributed by atoms with Crippen LogP contribution in [0.4, 0.5) is 10.2 Å². The van der Waals surface area contributed by atoms with Gasteiger partial charge in [-0.3, -0.25) is 4.79 Å². The van der Waals surface area contributed by atoms with E-state index in [1.165, 1.54) is 12.1 Å². The van der Waals surface area contributed by atoms with Gasteiger partial charge in [0.1, 0.15) is 11.6 Å². The summed E-state index contributed by atoms with van der Waals surface area (Å²) < 4.78 is 18.2. The lowest BCUT2D eigenvalue weighted by Crippen LogP contribution is -2.41. The van der Waals surface area contributed by atoms with Gasteiger partial charge in [-0.15, -0.1) is 0 Å². The van der Waals surface area contributed by atoms with E-state index in [4.69, 9.17) is 4.52 Å². The molecule has 0 saturated heterocycles. The van der Waals surface area contributed by atoms with E-state index in [1.54, 1.807) is 19.1 Å². The van der Waals surface area contributed by atoms with Crippen LogP contribution >= 0.6 is 0 Å². The van der Waals surface area contributed by atoms with Gasteiger partial charge in [0.25, 0.3) is 0 Å². The number of carbonyl (C=O) groups excluding carboxylic acids is 1. The van der Waals surface area contributed by atoms with Crippen LogP contribution in [-0.4, -0.2) is 28.6 Å². The molecule has 3 rings (SSSR count). The number of carbonyl (C=O) groups is 1. The number of hydrogen-bond donors (Lipinski definition) is 3. The number of aromatic amines is 1. The number of aryl methyl sites for hydroxylation is 1. The van der Waals surface area contributed by atoms with Crippen molar-refractivity contribution in [1.29, 1.82) is 0 Å². The summed E-state index contributed by atoms with van der Waals surface area (Å²) in [7, 11) is 0. The van der Waals surface area contributed by atoms with Gasteiger partial charge in [0.2, 0.25) is 5.91 Å². The van der Waals surface area contributed by atoms with Gasteiger partial charge < -0.3 is 20.1 Å². The first-order valence-electron chi connectivity index (χ1n) is 8.30. The van der Waals surface area contributed by atoms with E-state index in [9.17, 15) is 9.18 Å². The average Bonchev–Trinajstić information content (AvgIpc) is 3.17.